The monoisotopic (exact) mass is 361 g/mol. The summed E-state index contributed by atoms with van der Waals surface area (Å²) in [4.78, 5) is 12.4. The third kappa shape index (κ3) is 5.99. The molecule has 134 valence electrons. The van der Waals surface area contributed by atoms with E-state index in [-0.39, 0.29) is 16.9 Å². The fourth-order valence-electron chi connectivity index (χ4n) is 2.23. The number of nitrogens with one attached hydrogen (secondary N) is 1. The smallest absolute Gasteiger partial charge is 0.251 e. The van der Waals surface area contributed by atoms with Gasteiger partial charge in [-0.15, -0.1) is 0 Å². The first-order chi connectivity index (χ1) is 11.8. The number of sulfone groups is 1. The first-order valence-electron chi connectivity index (χ1n) is 8.03. The van der Waals surface area contributed by atoms with Crippen molar-refractivity contribution in [3.05, 3.63) is 65.2 Å². The number of rotatable bonds is 7. The summed E-state index contributed by atoms with van der Waals surface area (Å²) in [5, 5.41) is 2.84. The maximum Gasteiger partial charge on any atom is 0.251 e. The minimum absolute atomic E-state index is 0.165. The van der Waals surface area contributed by atoms with E-state index >= 15 is 0 Å². The van der Waals surface area contributed by atoms with Crippen LogP contribution in [0.25, 0.3) is 0 Å². The van der Waals surface area contributed by atoms with Gasteiger partial charge in [0, 0.05) is 18.4 Å². The number of amides is 1. The molecule has 0 bridgehead atoms. The molecule has 0 unspecified atom stereocenters. The Hall–Kier alpha value is -2.18. The highest BCUT2D eigenvalue weighted by molar-refractivity contribution is 7.90. The minimum Gasteiger partial charge on any atom is -0.374 e. The molecule has 5 nitrogen and oxygen atoms in total. The Morgan fingerprint density at radius 3 is 2.32 bits per heavy atom. The second-order valence-electron chi connectivity index (χ2n) is 6.16. The van der Waals surface area contributed by atoms with Crippen molar-refractivity contribution < 1.29 is 17.9 Å². The lowest BCUT2D eigenvalue weighted by Gasteiger charge is -2.10. The topological polar surface area (TPSA) is 72.5 Å². The van der Waals surface area contributed by atoms with Crippen LogP contribution in [-0.2, 0) is 27.7 Å². The molecule has 0 heterocycles. The first kappa shape index (κ1) is 19.1. The van der Waals surface area contributed by atoms with Gasteiger partial charge >= 0.3 is 0 Å². The Labute approximate surface area is 148 Å². The van der Waals surface area contributed by atoms with E-state index in [1.807, 2.05) is 38.1 Å². The molecule has 2 aromatic rings. The molecular weight excluding hydrogens is 338 g/mol. The summed E-state index contributed by atoms with van der Waals surface area (Å²) in [5.41, 5.74) is 2.45. The summed E-state index contributed by atoms with van der Waals surface area (Å²) < 4.78 is 28.5. The molecule has 2 aromatic carbocycles. The molecule has 0 aliphatic carbocycles. The fraction of sp³-hybridized carbons (Fsp3) is 0.316. The van der Waals surface area contributed by atoms with Gasteiger partial charge in [0.05, 0.1) is 17.6 Å². The Morgan fingerprint density at radius 2 is 1.72 bits per heavy atom. The van der Waals surface area contributed by atoms with Gasteiger partial charge in [-0.25, -0.2) is 8.42 Å². The highest BCUT2D eigenvalue weighted by atomic mass is 32.2. The standard InChI is InChI=1S/C19H23NO4S/c1-14(2)24-13-16-6-4-5-15(11-16)12-20-19(21)17-7-9-18(10-8-17)25(3,22)23/h4-11,14H,12-13H2,1-3H3,(H,20,21). The van der Waals surface area contributed by atoms with Gasteiger partial charge in [0.25, 0.3) is 5.91 Å². The third-order valence-corrected chi connectivity index (χ3v) is 4.70. The molecule has 0 aliphatic rings. The predicted molar refractivity (Wildman–Crippen MR) is 97.1 cm³/mol. The van der Waals surface area contributed by atoms with Crippen LogP contribution in [0.5, 0.6) is 0 Å². The molecule has 0 fully saturated rings. The molecule has 0 radical (unpaired) electrons. The SMILES string of the molecule is CC(C)OCc1cccc(CNC(=O)c2ccc(S(C)(=O)=O)cc2)c1. The van der Waals surface area contributed by atoms with Crippen molar-refractivity contribution in [1.82, 2.24) is 5.32 Å². The molecule has 0 saturated heterocycles. The molecule has 0 saturated carbocycles. The van der Waals surface area contributed by atoms with Crippen LogP contribution in [0.4, 0.5) is 0 Å². The third-order valence-electron chi connectivity index (χ3n) is 3.57. The molecule has 25 heavy (non-hydrogen) atoms. The van der Waals surface area contributed by atoms with E-state index in [2.05, 4.69) is 5.32 Å². The number of benzene rings is 2. The van der Waals surface area contributed by atoms with Crippen molar-refractivity contribution >= 4 is 15.7 Å². The number of hydrogen-bond donors (Lipinski definition) is 1. The van der Waals surface area contributed by atoms with Crippen molar-refractivity contribution in [1.29, 1.82) is 0 Å². The van der Waals surface area contributed by atoms with E-state index in [4.69, 9.17) is 4.74 Å². The van der Waals surface area contributed by atoms with Crippen LogP contribution in [0.15, 0.2) is 53.4 Å². The van der Waals surface area contributed by atoms with Gasteiger partial charge in [0.1, 0.15) is 0 Å². The number of hydrogen-bond acceptors (Lipinski definition) is 4. The lowest BCUT2D eigenvalue weighted by molar-refractivity contribution is 0.0657. The highest BCUT2D eigenvalue weighted by Gasteiger charge is 2.10. The molecule has 0 spiro atoms. The van der Waals surface area contributed by atoms with Crippen LogP contribution >= 0.6 is 0 Å². The van der Waals surface area contributed by atoms with E-state index < -0.39 is 9.84 Å². The van der Waals surface area contributed by atoms with Crippen molar-refractivity contribution in [3.63, 3.8) is 0 Å². The Morgan fingerprint density at radius 1 is 1.08 bits per heavy atom. The van der Waals surface area contributed by atoms with Crippen LogP contribution in [0, 0.1) is 0 Å². The van der Waals surface area contributed by atoms with Crippen LogP contribution in [0.2, 0.25) is 0 Å². The largest absolute Gasteiger partial charge is 0.374 e. The molecule has 0 atom stereocenters. The molecule has 6 heteroatoms. The lowest BCUT2D eigenvalue weighted by atomic mass is 10.1. The van der Waals surface area contributed by atoms with E-state index in [0.29, 0.717) is 18.7 Å². The molecule has 2 rings (SSSR count). The van der Waals surface area contributed by atoms with Crippen LogP contribution in [0.1, 0.15) is 35.3 Å². The molecule has 1 amide bonds. The van der Waals surface area contributed by atoms with Crippen LogP contribution in [0.3, 0.4) is 0 Å². The molecular formula is C19H23NO4S. The molecule has 0 aromatic heterocycles. The van der Waals surface area contributed by atoms with Gasteiger partial charge in [-0.3, -0.25) is 4.79 Å². The van der Waals surface area contributed by atoms with Crippen LogP contribution < -0.4 is 5.32 Å². The maximum absolute atomic E-state index is 12.2. The van der Waals surface area contributed by atoms with E-state index in [1.54, 1.807) is 0 Å². The normalized spacial score (nSPS) is 11.5. The summed E-state index contributed by atoms with van der Waals surface area (Å²) in [6, 6.07) is 13.7. The summed E-state index contributed by atoms with van der Waals surface area (Å²) >= 11 is 0. The predicted octanol–water partition coefficient (Wildman–Crippen LogP) is 2.95. The Bertz CT molecular complexity index is 827. The number of carbonyl (C=O) groups is 1. The molecule has 0 aliphatic heterocycles. The van der Waals surface area contributed by atoms with Crippen molar-refractivity contribution in [2.24, 2.45) is 0 Å². The quantitative estimate of drug-likeness (QED) is 0.823. The van der Waals surface area contributed by atoms with Gasteiger partial charge in [0.15, 0.2) is 9.84 Å². The van der Waals surface area contributed by atoms with Crippen molar-refractivity contribution in [2.45, 2.75) is 38.0 Å². The van der Waals surface area contributed by atoms with Crippen molar-refractivity contribution in [2.75, 3.05) is 6.26 Å². The summed E-state index contributed by atoms with van der Waals surface area (Å²) in [6.45, 7) is 4.90. The lowest BCUT2D eigenvalue weighted by Crippen LogP contribution is -2.22. The second kappa shape index (κ2) is 8.27. The highest BCUT2D eigenvalue weighted by Crippen LogP contribution is 2.11. The van der Waals surface area contributed by atoms with Gasteiger partial charge in [-0.1, -0.05) is 24.3 Å². The average molecular weight is 361 g/mol. The van der Waals surface area contributed by atoms with Crippen molar-refractivity contribution in [3.8, 4) is 0 Å². The zero-order chi connectivity index (χ0) is 18.4. The number of ether oxygens (including phenoxy) is 1. The summed E-state index contributed by atoms with van der Waals surface area (Å²) in [6.07, 6.45) is 1.30. The summed E-state index contributed by atoms with van der Waals surface area (Å²) in [5.74, 6) is -0.246. The number of carbonyl (C=O) groups excluding carboxylic acids is 1. The Balaban J connectivity index is 1.96. The maximum atomic E-state index is 12.2. The fourth-order valence-corrected chi connectivity index (χ4v) is 2.86. The second-order valence-corrected chi connectivity index (χ2v) is 8.17. The average Bonchev–Trinajstić information content (AvgIpc) is 2.57. The van der Waals surface area contributed by atoms with E-state index in [0.717, 1.165) is 17.4 Å². The minimum atomic E-state index is -3.26. The van der Waals surface area contributed by atoms with Gasteiger partial charge in [0.2, 0.25) is 0 Å². The van der Waals surface area contributed by atoms with E-state index in [9.17, 15) is 13.2 Å². The van der Waals surface area contributed by atoms with Crippen LogP contribution in [-0.4, -0.2) is 26.7 Å². The van der Waals surface area contributed by atoms with E-state index in [1.165, 1.54) is 24.3 Å². The van der Waals surface area contributed by atoms with Gasteiger partial charge in [-0.2, -0.15) is 0 Å². The Kier molecular flexibility index (Phi) is 6.33. The van der Waals surface area contributed by atoms with Gasteiger partial charge < -0.3 is 10.1 Å². The zero-order valence-electron chi connectivity index (χ0n) is 14.7. The van der Waals surface area contributed by atoms with Gasteiger partial charge in [-0.05, 0) is 49.2 Å². The first-order valence-corrected chi connectivity index (χ1v) is 9.92. The zero-order valence-corrected chi connectivity index (χ0v) is 15.5. The molecule has 1 N–H and O–H groups in total. The summed E-state index contributed by atoms with van der Waals surface area (Å²) in [7, 11) is -3.26.